The normalized spacial score (nSPS) is 10.3. The lowest BCUT2D eigenvalue weighted by Crippen LogP contribution is -2.15. The summed E-state index contributed by atoms with van der Waals surface area (Å²) < 4.78 is 13.2. The number of thiophene rings is 1. The van der Waals surface area contributed by atoms with Crippen molar-refractivity contribution < 1.29 is 14.0 Å². The number of hydrogen-bond donors (Lipinski definition) is 2. The van der Waals surface area contributed by atoms with E-state index in [2.05, 4.69) is 15.6 Å². The lowest BCUT2D eigenvalue weighted by molar-refractivity contribution is 0.101. The Morgan fingerprint density at radius 1 is 1.08 bits per heavy atom. The summed E-state index contributed by atoms with van der Waals surface area (Å²) in [5, 5.41) is 7.21. The number of aromatic nitrogens is 1. The summed E-state index contributed by atoms with van der Waals surface area (Å²) in [6, 6.07) is 10.6. The van der Waals surface area contributed by atoms with Gasteiger partial charge in [0.15, 0.2) is 0 Å². The first-order valence-corrected chi connectivity index (χ1v) is 8.29. The first-order chi connectivity index (χ1) is 12.0. The zero-order valence-electron chi connectivity index (χ0n) is 13.2. The minimum absolute atomic E-state index is 0.203. The standard InChI is InChI=1S/C18H14FN3O2S/c1-11-8-16(22-17(23)12-4-2-5-13(19)9-12)20-10-14(11)21-18(24)15-6-3-7-25-15/h2-10H,1H3,(H,21,24)(H,20,22,23). The Labute approximate surface area is 147 Å². The minimum Gasteiger partial charge on any atom is -0.320 e. The van der Waals surface area contributed by atoms with Crippen molar-refractivity contribution in [1.29, 1.82) is 0 Å². The number of carbonyl (C=O) groups is 2. The number of rotatable bonds is 4. The first kappa shape index (κ1) is 16.8. The van der Waals surface area contributed by atoms with Crippen molar-refractivity contribution in [3.05, 3.63) is 75.9 Å². The Balaban J connectivity index is 1.71. The third-order valence-corrected chi connectivity index (χ3v) is 4.30. The van der Waals surface area contributed by atoms with Gasteiger partial charge in [-0.2, -0.15) is 0 Å². The van der Waals surface area contributed by atoms with Crippen LogP contribution in [0.25, 0.3) is 0 Å². The first-order valence-electron chi connectivity index (χ1n) is 7.41. The van der Waals surface area contributed by atoms with E-state index in [-0.39, 0.29) is 11.5 Å². The van der Waals surface area contributed by atoms with Gasteiger partial charge in [-0.15, -0.1) is 11.3 Å². The Morgan fingerprint density at radius 3 is 2.60 bits per heavy atom. The molecular formula is C18H14FN3O2S. The van der Waals surface area contributed by atoms with Gasteiger partial charge in [-0.3, -0.25) is 9.59 Å². The molecule has 0 radical (unpaired) electrons. The van der Waals surface area contributed by atoms with Crippen molar-refractivity contribution in [3.63, 3.8) is 0 Å². The predicted octanol–water partition coefficient (Wildman–Crippen LogP) is 4.10. The lowest BCUT2D eigenvalue weighted by Gasteiger charge is -2.10. The second-order valence-corrected chi connectivity index (χ2v) is 6.23. The number of carbonyl (C=O) groups excluding carboxylic acids is 2. The van der Waals surface area contributed by atoms with Crippen LogP contribution in [-0.2, 0) is 0 Å². The molecular weight excluding hydrogens is 341 g/mol. The largest absolute Gasteiger partial charge is 0.320 e. The van der Waals surface area contributed by atoms with Gasteiger partial charge >= 0.3 is 0 Å². The minimum atomic E-state index is -0.483. The van der Waals surface area contributed by atoms with Gasteiger partial charge < -0.3 is 10.6 Å². The summed E-state index contributed by atoms with van der Waals surface area (Å²) >= 11 is 1.35. The topological polar surface area (TPSA) is 71.1 Å². The number of pyridine rings is 1. The molecule has 2 aromatic heterocycles. The summed E-state index contributed by atoms with van der Waals surface area (Å²) in [6.45, 7) is 1.80. The van der Waals surface area contributed by atoms with Crippen molar-refractivity contribution in [1.82, 2.24) is 4.98 Å². The van der Waals surface area contributed by atoms with Crippen molar-refractivity contribution in [2.24, 2.45) is 0 Å². The second-order valence-electron chi connectivity index (χ2n) is 5.28. The highest BCUT2D eigenvalue weighted by Crippen LogP contribution is 2.19. The molecule has 25 heavy (non-hydrogen) atoms. The van der Waals surface area contributed by atoms with Crippen molar-refractivity contribution in [3.8, 4) is 0 Å². The van der Waals surface area contributed by atoms with E-state index in [0.29, 0.717) is 16.4 Å². The van der Waals surface area contributed by atoms with Crippen LogP contribution in [0.1, 0.15) is 25.6 Å². The lowest BCUT2D eigenvalue weighted by atomic mass is 10.2. The molecule has 2 heterocycles. The molecule has 0 atom stereocenters. The van der Waals surface area contributed by atoms with Gasteiger partial charge in [0.2, 0.25) is 0 Å². The molecule has 0 aliphatic carbocycles. The second kappa shape index (κ2) is 7.23. The maximum atomic E-state index is 13.2. The molecule has 3 rings (SSSR count). The van der Waals surface area contributed by atoms with Gasteiger partial charge in [0, 0.05) is 5.56 Å². The van der Waals surface area contributed by atoms with Crippen LogP contribution in [0.15, 0.2) is 54.0 Å². The summed E-state index contributed by atoms with van der Waals surface area (Å²) in [5.74, 6) is -0.831. The van der Waals surface area contributed by atoms with Crippen LogP contribution < -0.4 is 10.6 Å². The Bertz CT molecular complexity index is 926. The van der Waals surface area contributed by atoms with E-state index in [4.69, 9.17) is 0 Å². The third-order valence-electron chi connectivity index (χ3n) is 3.43. The molecule has 0 saturated carbocycles. The average Bonchev–Trinajstić information content (AvgIpc) is 3.12. The molecule has 0 saturated heterocycles. The van der Waals surface area contributed by atoms with E-state index in [1.165, 1.54) is 35.7 Å². The zero-order valence-corrected chi connectivity index (χ0v) is 14.1. The van der Waals surface area contributed by atoms with Crippen molar-refractivity contribution in [2.45, 2.75) is 6.92 Å². The fourth-order valence-electron chi connectivity index (χ4n) is 2.17. The van der Waals surface area contributed by atoms with Crippen LogP contribution >= 0.6 is 11.3 Å². The zero-order chi connectivity index (χ0) is 17.8. The summed E-state index contributed by atoms with van der Waals surface area (Å²) in [5.41, 5.74) is 1.51. The van der Waals surface area contributed by atoms with E-state index in [9.17, 15) is 14.0 Å². The number of nitrogens with zero attached hydrogens (tertiary/aromatic N) is 1. The Morgan fingerprint density at radius 2 is 1.92 bits per heavy atom. The van der Waals surface area contributed by atoms with Crippen LogP contribution in [0.2, 0.25) is 0 Å². The molecule has 0 aliphatic rings. The molecule has 0 bridgehead atoms. The van der Waals surface area contributed by atoms with Crippen LogP contribution in [0, 0.1) is 12.7 Å². The molecule has 0 spiro atoms. The molecule has 2 N–H and O–H groups in total. The van der Waals surface area contributed by atoms with Crippen LogP contribution in [0.4, 0.5) is 15.9 Å². The van der Waals surface area contributed by atoms with Crippen LogP contribution in [0.3, 0.4) is 0 Å². The van der Waals surface area contributed by atoms with Crippen LogP contribution in [-0.4, -0.2) is 16.8 Å². The number of nitrogens with one attached hydrogen (secondary N) is 2. The molecule has 0 unspecified atom stereocenters. The molecule has 3 aromatic rings. The number of amides is 2. The van der Waals surface area contributed by atoms with Gasteiger partial charge in [-0.1, -0.05) is 12.1 Å². The number of hydrogen-bond acceptors (Lipinski definition) is 4. The third kappa shape index (κ3) is 4.07. The Kier molecular flexibility index (Phi) is 4.85. The fraction of sp³-hybridized carbons (Fsp3) is 0.0556. The monoisotopic (exact) mass is 355 g/mol. The van der Waals surface area contributed by atoms with Gasteiger partial charge in [0.05, 0.1) is 16.8 Å². The van der Waals surface area contributed by atoms with E-state index in [1.807, 2.05) is 5.38 Å². The van der Waals surface area contributed by atoms with E-state index < -0.39 is 11.7 Å². The molecule has 5 nitrogen and oxygen atoms in total. The van der Waals surface area contributed by atoms with Gasteiger partial charge in [-0.05, 0) is 48.2 Å². The molecule has 7 heteroatoms. The number of aryl methyl sites for hydroxylation is 1. The molecule has 2 amide bonds. The van der Waals surface area contributed by atoms with E-state index in [0.717, 1.165) is 11.6 Å². The van der Waals surface area contributed by atoms with Crippen LogP contribution in [0.5, 0.6) is 0 Å². The predicted molar refractivity (Wildman–Crippen MR) is 95.6 cm³/mol. The fourth-order valence-corrected chi connectivity index (χ4v) is 2.78. The maximum absolute atomic E-state index is 13.2. The summed E-state index contributed by atoms with van der Waals surface area (Å²) in [4.78, 5) is 28.9. The van der Waals surface area contributed by atoms with E-state index in [1.54, 1.807) is 25.1 Å². The molecule has 0 fully saturated rings. The highest BCUT2D eigenvalue weighted by Gasteiger charge is 2.11. The molecule has 1 aromatic carbocycles. The van der Waals surface area contributed by atoms with Gasteiger partial charge in [0.1, 0.15) is 11.6 Å². The molecule has 0 aliphatic heterocycles. The quantitative estimate of drug-likeness (QED) is 0.740. The summed E-state index contributed by atoms with van der Waals surface area (Å²) in [6.07, 6.45) is 1.47. The highest BCUT2D eigenvalue weighted by molar-refractivity contribution is 7.12. The van der Waals surface area contributed by atoms with E-state index >= 15 is 0 Å². The van der Waals surface area contributed by atoms with Crippen molar-refractivity contribution in [2.75, 3.05) is 10.6 Å². The Hall–Kier alpha value is -3.06. The van der Waals surface area contributed by atoms with Gasteiger partial charge in [0.25, 0.3) is 11.8 Å². The smallest absolute Gasteiger partial charge is 0.265 e. The number of halogens is 1. The SMILES string of the molecule is Cc1cc(NC(=O)c2cccc(F)c2)ncc1NC(=O)c1cccs1. The van der Waals surface area contributed by atoms with Gasteiger partial charge in [-0.25, -0.2) is 9.37 Å². The van der Waals surface area contributed by atoms with Crippen molar-refractivity contribution >= 4 is 34.7 Å². The average molecular weight is 355 g/mol. The summed E-state index contributed by atoms with van der Waals surface area (Å²) in [7, 11) is 0. The number of benzene rings is 1. The maximum Gasteiger partial charge on any atom is 0.265 e. The highest BCUT2D eigenvalue weighted by atomic mass is 32.1. The number of anilines is 2. The molecule has 126 valence electrons.